The van der Waals surface area contributed by atoms with Gasteiger partial charge in [-0.25, -0.2) is 0 Å². The van der Waals surface area contributed by atoms with Gasteiger partial charge < -0.3 is 0 Å². The molecule has 0 heterocycles. The monoisotopic (exact) mass is 1010 g/mol. The van der Waals surface area contributed by atoms with Crippen molar-refractivity contribution in [2.24, 2.45) is 11.8 Å². The molecule has 186 valence electrons. The number of rotatable bonds is 4. The molecule has 4 aliphatic carbocycles. The summed E-state index contributed by atoms with van der Waals surface area (Å²) < 4.78 is 3.71. The van der Waals surface area contributed by atoms with E-state index < -0.39 is 0 Å². The Morgan fingerprint density at radius 2 is 0.882 bits per heavy atom. The van der Waals surface area contributed by atoms with Gasteiger partial charge in [0, 0.05) is 29.8 Å². The van der Waals surface area contributed by atoms with Gasteiger partial charge in [0.1, 0.15) is 0 Å². The van der Waals surface area contributed by atoms with Gasteiger partial charge >= 0.3 is 0 Å². The minimum absolute atomic E-state index is 0.0341. The van der Waals surface area contributed by atoms with Crippen LogP contribution in [0.4, 0.5) is 0 Å². The van der Waals surface area contributed by atoms with Crippen molar-refractivity contribution in [1.29, 1.82) is 0 Å². The molecule has 0 radical (unpaired) electrons. The third-order valence-corrected chi connectivity index (χ3v) is 22.7. The second kappa shape index (κ2) is 9.33. The fraction of sp³-hybridized carbons (Fsp3) is 0.583. The van der Waals surface area contributed by atoms with Gasteiger partial charge in [-0.3, -0.25) is 0 Å². The van der Waals surface area contributed by atoms with E-state index in [-0.39, 0.29) is 51.7 Å². The van der Waals surface area contributed by atoms with Crippen LogP contribution in [0.2, 0.25) is 0 Å². The predicted molar refractivity (Wildman–Crippen MR) is 175 cm³/mol. The molecule has 0 amide bonds. The average Bonchev–Trinajstić information content (AvgIpc) is 3.29. The van der Waals surface area contributed by atoms with E-state index in [0.29, 0.717) is 0 Å². The van der Waals surface area contributed by atoms with Crippen molar-refractivity contribution >= 4 is 151 Å². The molecule has 0 saturated heterocycles. The molecular formula is C24H20Br8Cl2. The normalized spacial score (nSPS) is 47.2. The number of hydrogen-bond acceptors (Lipinski definition) is 0. The quantitative estimate of drug-likeness (QED) is 0.264. The lowest BCUT2D eigenvalue weighted by Crippen LogP contribution is -2.40. The Bertz CT molecular complexity index is 1030. The number of benzene rings is 1. The first-order chi connectivity index (χ1) is 15.6. The van der Waals surface area contributed by atoms with Gasteiger partial charge in [0.2, 0.25) is 0 Å². The zero-order valence-electron chi connectivity index (χ0n) is 18.0. The van der Waals surface area contributed by atoms with Crippen LogP contribution in [0.1, 0.15) is 49.7 Å². The summed E-state index contributed by atoms with van der Waals surface area (Å²) in [5.74, 6) is 1.04. The van der Waals surface area contributed by atoms with E-state index in [9.17, 15) is 0 Å². The van der Waals surface area contributed by atoms with Crippen LogP contribution >= 0.6 is 151 Å². The van der Waals surface area contributed by atoms with Crippen LogP contribution in [0.15, 0.2) is 42.2 Å². The molecule has 10 heteroatoms. The predicted octanol–water partition coefficient (Wildman–Crippen LogP) is 11.7. The molecule has 0 N–H and O–H groups in total. The Kier molecular flexibility index (Phi) is 7.86. The Morgan fingerprint density at radius 3 is 1.15 bits per heavy atom. The summed E-state index contributed by atoms with van der Waals surface area (Å²) in [6.07, 6.45) is 1.83. The molecule has 10 unspecified atom stereocenters. The summed E-state index contributed by atoms with van der Waals surface area (Å²) in [6.45, 7) is 4.58. The lowest BCUT2D eigenvalue weighted by atomic mass is 9.76. The number of alkyl halides is 6. The highest BCUT2D eigenvalue weighted by molar-refractivity contribution is 9.17. The first-order valence-electron chi connectivity index (χ1n) is 10.9. The fourth-order valence-corrected chi connectivity index (χ4v) is 17.7. The molecule has 5 rings (SSSR count). The van der Waals surface area contributed by atoms with Crippen molar-refractivity contribution in [3.05, 3.63) is 53.3 Å². The van der Waals surface area contributed by atoms with E-state index in [1.165, 1.54) is 11.1 Å². The zero-order valence-corrected chi connectivity index (χ0v) is 32.2. The summed E-state index contributed by atoms with van der Waals surface area (Å²) in [5.41, 5.74) is 2.60. The van der Waals surface area contributed by atoms with Crippen LogP contribution in [-0.4, -0.2) is 28.1 Å². The van der Waals surface area contributed by atoms with Crippen molar-refractivity contribution in [3.63, 3.8) is 0 Å². The van der Waals surface area contributed by atoms with Gasteiger partial charge in [-0.1, -0.05) is 166 Å². The molecule has 10 atom stereocenters. The first kappa shape index (κ1) is 28.6. The molecule has 0 nitrogen and oxygen atoms in total. The smallest absolute Gasteiger partial charge is 0.0763 e. The Morgan fingerprint density at radius 1 is 0.618 bits per heavy atom. The van der Waals surface area contributed by atoms with Crippen molar-refractivity contribution in [1.82, 2.24) is 0 Å². The summed E-state index contributed by atoms with van der Waals surface area (Å²) in [5, 5.41) is -0.0682. The summed E-state index contributed by atoms with van der Waals surface area (Å²) in [6, 6.07) is 9.10. The van der Waals surface area contributed by atoms with Crippen molar-refractivity contribution in [2.75, 3.05) is 0 Å². The third kappa shape index (κ3) is 3.70. The highest BCUT2D eigenvalue weighted by atomic mass is 79.9. The van der Waals surface area contributed by atoms with Gasteiger partial charge in [-0.2, -0.15) is 0 Å². The summed E-state index contributed by atoms with van der Waals surface area (Å²) >= 11 is 45.4. The average molecular weight is 1020 g/mol. The van der Waals surface area contributed by atoms with Gasteiger partial charge in [0.25, 0.3) is 0 Å². The van der Waals surface area contributed by atoms with Gasteiger partial charge in [0.15, 0.2) is 0 Å². The Labute approximate surface area is 278 Å². The number of hydrogen-bond donors (Lipinski definition) is 0. The SMILES string of the molecule is CC(c1ccc(C(C)C2C(Cl)C3(Br)CC2(Br)C(Br)=C3Br)cc1)C1C(Cl)C2(Br)CC1(Br)C(Br)=C2Br. The van der Waals surface area contributed by atoms with E-state index >= 15 is 0 Å². The molecule has 34 heavy (non-hydrogen) atoms. The van der Waals surface area contributed by atoms with Crippen molar-refractivity contribution in [3.8, 4) is 0 Å². The number of allylic oxidation sites excluding steroid dienone is 4. The summed E-state index contributed by atoms with van der Waals surface area (Å²) in [7, 11) is 0. The van der Waals surface area contributed by atoms with Gasteiger partial charge in [-0.15, -0.1) is 23.2 Å². The maximum absolute atomic E-state index is 7.09. The summed E-state index contributed by atoms with van der Waals surface area (Å²) in [4.78, 5) is 0. The number of fused-ring (bicyclic) bond motifs is 4. The molecule has 0 spiro atoms. The van der Waals surface area contributed by atoms with E-state index in [1.807, 2.05) is 0 Å². The molecule has 2 fully saturated rings. The topological polar surface area (TPSA) is 0 Å². The van der Waals surface area contributed by atoms with E-state index in [4.69, 9.17) is 23.2 Å². The minimum Gasteiger partial charge on any atom is -0.121 e. The highest BCUT2D eigenvalue weighted by Gasteiger charge is 2.69. The lowest BCUT2D eigenvalue weighted by Gasteiger charge is -2.40. The van der Waals surface area contributed by atoms with E-state index in [0.717, 1.165) is 30.8 Å². The van der Waals surface area contributed by atoms with Crippen LogP contribution in [0.5, 0.6) is 0 Å². The van der Waals surface area contributed by atoms with Gasteiger partial charge in [-0.05, 0) is 35.8 Å². The molecule has 0 aliphatic heterocycles. The lowest BCUT2D eigenvalue weighted by molar-refractivity contribution is 0.414. The van der Waals surface area contributed by atoms with Crippen LogP contribution in [0.25, 0.3) is 0 Å². The van der Waals surface area contributed by atoms with Crippen LogP contribution in [-0.2, 0) is 0 Å². The zero-order chi connectivity index (χ0) is 25.2. The highest BCUT2D eigenvalue weighted by Crippen LogP contribution is 2.72. The molecular weight excluding hydrogens is 998 g/mol. The van der Waals surface area contributed by atoms with Crippen LogP contribution in [0.3, 0.4) is 0 Å². The maximum atomic E-state index is 7.09. The van der Waals surface area contributed by atoms with Crippen molar-refractivity contribution < 1.29 is 0 Å². The molecule has 1 aromatic rings. The van der Waals surface area contributed by atoms with E-state index in [1.54, 1.807) is 0 Å². The maximum Gasteiger partial charge on any atom is 0.0763 e. The molecule has 1 aromatic carbocycles. The Hall–Kier alpha value is 3.12. The van der Waals surface area contributed by atoms with Crippen LogP contribution < -0.4 is 0 Å². The largest absolute Gasteiger partial charge is 0.121 e. The fourth-order valence-electron chi connectivity index (χ4n) is 6.60. The molecule has 0 aromatic heterocycles. The molecule has 2 saturated carbocycles. The molecule has 4 bridgehead atoms. The first-order valence-corrected chi connectivity index (χ1v) is 18.1. The second-order valence-electron chi connectivity index (χ2n) is 10.2. The van der Waals surface area contributed by atoms with E-state index in [2.05, 4.69) is 166 Å². The number of halogens is 10. The van der Waals surface area contributed by atoms with Gasteiger partial charge in [0.05, 0.1) is 28.1 Å². The third-order valence-electron chi connectivity index (χ3n) is 8.50. The molecule has 4 aliphatic rings. The van der Waals surface area contributed by atoms with Crippen molar-refractivity contribution in [2.45, 2.75) is 66.6 Å². The minimum atomic E-state index is -0.244. The van der Waals surface area contributed by atoms with Crippen LogP contribution in [0, 0.1) is 11.8 Å². The second-order valence-corrected chi connectivity index (χ2v) is 19.9. The Balaban J connectivity index is 1.41. The standard InChI is InChI=1S/C24H20Br8Cl2/c1-9(13-19(33)23(31)7-21(13,29)15(25)17(23)27)11-3-5-12(6-4-11)10(2)14-20(34)24(32)8-22(14,30)16(26)18(24)28/h3-6,9-10,13-14,19-20H,7-8H2,1-2H3.